The van der Waals surface area contributed by atoms with Crippen molar-refractivity contribution in [2.24, 2.45) is 0 Å². The van der Waals surface area contributed by atoms with Crippen LogP contribution in [0.1, 0.15) is 23.2 Å². The summed E-state index contributed by atoms with van der Waals surface area (Å²) in [6.07, 6.45) is 1.72. The number of rotatable bonds is 6. The Kier molecular flexibility index (Phi) is 5.74. The molecule has 1 saturated heterocycles. The van der Waals surface area contributed by atoms with Crippen molar-refractivity contribution in [2.45, 2.75) is 18.4 Å². The Labute approximate surface area is 141 Å². The zero-order valence-corrected chi connectivity index (χ0v) is 14.3. The number of carbonyl (C=O) groups excluding carboxylic acids is 1. The highest BCUT2D eigenvalue weighted by molar-refractivity contribution is 5.95. The minimum atomic E-state index is -0.471. The number of nitro groups is 1. The molecule has 1 amide bonds. The molecule has 0 radical (unpaired) electrons. The molecule has 2 N–H and O–H groups in total. The molecular formula is C16H24N4O4. The second-order valence-corrected chi connectivity index (χ2v) is 6.15. The fraction of sp³-hybridized carbons (Fsp3) is 0.562. The molecule has 0 saturated carbocycles. The lowest BCUT2D eigenvalue weighted by Crippen LogP contribution is -2.53. The van der Waals surface area contributed by atoms with E-state index >= 15 is 0 Å². The molecule has 0 unspecified atom stereocenters. The van der Waals surface area contributed by atoms with E-state index in [1.54, 1.807) is 12.1 Å². The molecule has 1 aromatic carbocycles. The van der Waals surface area contributed by atoms with E-state index in [0.29, 0.717) is 25.4 Å². The molecule has 24 heavy (non-hydrogen) atoms. The van der Waals surface area contributed by atoms with Crippen molar-refractivity contribution >= 4 is 17.3 Å². The van der Waals surface area contributed by atoms with Gasteiger partial charge in [0.05, 0.1) is 4.92 Å². The number of benzene rings is 1. The maximum absolute atomic E-state index is 11.7. The predicted molar refractivity (Wildman–Crippen MR) is 91.4 cm³/mol. The van der Waals surface area contributed by atoms with E-state index in [1.165, 1.54) is 13.1 Å². The van der Waals surface area contributed by atoms with E-state index in [0.717, 1.165) is 12.8 Å². The molecule has 2 rings (SSSR count). The van der Waals surface area contributed by atoms with Gasteiger partial charge in [-0.2, -0.15) is 0 Å². The molecule has 1 aliphatic rings. The maximum Gasteiger partial charge on any atom is 0.293 e. The largest absolute Gasteiger partial charge is 0.381 e. The van der Waals surface area contributed by atoms with E-state index < -0.39 is 4.92 Å². The number of nitrogens with zero attached hydrogens (tertiary/aromatic N) is 2. The average molecular weight is 336 g/mol. The third kappa shape index (κ3) is 3.82. The Morgan fingerprint density at radius 3 is 2.58 bits per heavy atom. The molecule has 0 bridgehead atoms. The fourth-order valence-corrected chi connectivity index (χ4v) is 2.91. The number of hydrogen-bond acceptors (Lipinski definition) is 6. The lowest BCUT2D eigenvalue weighted by atomic mass is 9.88. The quantitative estimate of drug-likeness (QED) is 0.603. The normalized spacial score (nSPS) is 16.7. The van der Waals surface area contributed by atoms with E-state index in [1.807, 2.05) is 14.1 Å². The van der Waals surface area contributed by atoms with Gasteiger partial charge in [-0.05, 0) is 39.1 Å². The third-order valence-corrected chi connectivity index (χ3v) is 4.66. The van der Waals surface area contributed by atoms with Crippen molar-refractivity contribution in [3.8, 4) is 0 Å². The van der Waals surface area contributed by atoms with Crippen LogP contribution in [-0.4, -0.2) is 62.2 Å². The molecule has 1 aliphatic heterocycles. The first-order valence-electron chi connectivity index (χ1n) is 7.89. The zero-order chi connectivity index (χ0) is 17.7. The van der Waals surface area contributed by atoms with Crippen LogP contribution in [0.4, 0.5) is 11.4 Å². The SMILES string of the molecule is CNC(=O)c1ccc(NCC2(N(C)C)CCOCC2)c([N+](=O)[O-])c1. The molecule has 0 spiro atoms. The average Bonchev–Trinajstić information content (AvgIpc) is 2.59. The van der Waals surface area contributed by atoms with Crippen LogP contribution in [0.3, 0.4) is 0 Å². The minimum absolute atomic E-state index is 0.0999. The second-order valence-electron chi connectivity index (χ2n) is 6.15. The smallest absolute Gasteiger partial charge is 0.293 e. The van der Waals surface area contributed by atoms with Crippen LogP contribution in [0.15, 0.2) is 18.2 Å². The summed E-state index contributed by atoms with van der Waals surface area (Å²) >= 11 is 0. The van der Waals surface area contributed by atoms with Gasteiger partial charge < -0.3 is 20.3 Å². The number of amides is 1. The van der Waals surface area contributed by atoms with Crippen LogP contribution < -0.4 is 10.6 Å². The molecule has 0 aromatic heterocycles. The van der Waals surface area contributed by atoms with Crippen molar-refractivity contribution in [1.29, 1.82) is 0 Å². The number of ether oxygens (including phenoxy) is 1. The molecule has 8 heteroatoms. The van der Waals surface area contributed by atoms with Gasteiger partial charge in [-0.3, -0.25) is 14.9 Å². The Balaban J connectivity index is 2.22. The fourth-order valence-electron chi connectivity index (χ4n) is 2.91. The van der Waals surface area contributed by atoms with Crippen LogP contribution in [-0.2, 0) is 4.74 Å². The van der Waals surface area contributed by atoms with Gasteiger partial charge in [-0.1, -0.05) is 0 Å². The summed E-state index contributed by atoms with van der Waals surface area (Å²) < 4.78 is 5.44. The van der Waals surface area contributed by atoms with Crippen LogP contribution >= 0.6 is 0 Å². The number of nitrogens with one attached hydrogen (secondary N) is 2. The van der Waals surface area contributed by atoms with E-state index in [2.05, 4.69) is 15.5 Å². The van der Waals surface area contributed by atoms with E-state index in [9.17, 15) is 14.9 Å². The Hall–Kier alpha value is -2.19. The highest BCUT2D eigenvalue weighted by Gasteiger charge is 2.35. The summed E-state index contributed by atoms with van der Waals surface area (Å²) in [4.78, 5) is 24.7. The maximum atomic E-state index is 11.7. The lowest BCUT2D eigenvalue weighted by molar-refractivity contribution is -0.384. The van der Waals surface area contributed by atoms with Crippen molar-refractivity contribution in [3.63, 3.8) is 0 Å². The lowest BCUT2D eigenvalue weighted by Gasteiger charge is -2.43. The van der Waals surface area contributed by atoms with Crippen LogP contribution in [0.2, 0.25) is 0 Å². The van der Waals surface area contributed by atoms with Crippen LogP contribution in [0.5, 0.6) is 0 Å². The summed E-state index contributed by atoms with van der Waals surface area (Å²) in [5.41, 5.74) is 0.478. The molecule has 132 valence electrons. The summed E-state index contributed by atoms with van der Waals surface area (Å²) in [5.74, 6) is -0.348. The summed E-state index contributed by atoms with van der Waals surface area (Å²) in [7, 11) is 5.51. The molecule has 0 aliphatic carbocycles. The van der Waals surface area contributed by atoms with Gasteiger partial charge in [0.15, 0.2) is 0 Å². The molecule has 1 aromatic rings. The van der Waals surface area contributed by atoms with Crippen molar-refractivity contribution in [1.82, 2.24) is 10.2 Å². The molecule has 1 fully saturated rings. The van der Waals surface area contributed by atoms with E-state index in [-0.39, 0.29) is 22.7 Å². The Morgan fingerprint density at radius 1 is 1.38 bits per heavy atom. The zero-order valence-electron chi connectivity index (χ0n) is 14.3. The molecule has 1 heterocycles. The number of nitro benzene ring substituents is 1. The highest BCUT2D eigenvalue weighted by Crippen LogP contribution is 2.30. The van der Waals surface area contributed by atoms with Gasteiger partial charge in [-0.25, -0.2) is 0 Å². The summed E-state index contributed by atoms with van der Waals surface area (Å²) in [5, 5.41) is 17.0. The van der Waals surface area contributed by atoms with Gasteiger partial charge in [0.25, 0.3) is 11.6 Å². The minimum Gasteiger partial charge on any atom is -0.381 e. The highest BCUT2D eigenvalue weighted by atomic mass is 16.6. The Morgan fingerprint density at radius 2 is 2.04 bits per heavy atom. The number of anilines is 1. The first kappa shape index (κ1) is 18.2. The first-order chi connectivity index (χ1) is 11.4. The standard InChI is InChI=1S/C16H24N4O4/c1-17-15(21)12-4-5-13(14(10-12)20(22)23)18-11-16(19(2)3)6-8-24-9-7-16/h4-5,10,18H,6-9,11H2,1-3H3,(H,17,21). The molecular weight excluding hydrogens is 312 g/mol. The van der Waals surface area contributed by atoms with Gasteiger partial charge in [-0.15, -0.1) is 0 Å². The topological polar surface area (TPSA) is 96.7 Å². The van der Waals surface area contributed by atoms with Gasteiger partial charge >= 0.3 is 0 Å². The van der Waals surface area contributed by atoms with Crippen LogP contribution in [0, 0.1) is 10.1 Å². The second kappa shape index (κ2) is 7.59. The van der Waals surface area contributed by atoms with E-state index in [4.69, 9.17) is 4.74 Å². The molecule has 0 atom stereocenters. The molecule has 8 nitrogen and oxygen atoms in total. The predicted octanol–water partition coefficient (Wildman–Crippen LogP) is 1.48. The number of carbonyl (C=O) groups is 1. The van der Waals surface area contributed by atoms with Crippen molar-refractivity contribution in [3.05, 3.63) is 33.9 Å². The third-order valence-electron chi connectivity index (χ3n) is 4.66. The summed E-state index contributed by atoms with van der Waals surface area (Å²) in [6, 6.07) is 4.47. The van der Waals surface area contributed by atoms with Crippen molar-refractivity contribution in [2.75, 3.05) is 46.2 Å². The van der Waals surface area contributed by atoms with Crippen molar-refractivity contribution < 1.29 is 14.5 Å². The monoisotopic (exact) mass is 336 g/mol. The van der Waals surface area contributed by atoms with Gasteiger partial charge in [0.2, 0.25) is 0 Å². The first-order valence-corrected chi connectivity index (χ1v) is 7.89. The Bertz CT molecular complexity index is 612. The van der Waals surface area contributed by atoms with Crippen LogP contribution in [0.25, 0.3) is 0 Å². The number of hydrogen-bond donors (Lipinski definition) is 2. The number of likely N-dealkylation sites (N-methyl/N-ethyl adjacent to an activating group) is 1. The van der Waals surface area contributed by atoms with Gasteiger partial charge in [0, 0.05) is 44.0 Å². The van der Waals surface area contributed by atoms with Gasteiger partial charge in [0.1, 0.15) is 5.69 Å². The summed E-state index contributed by atoms with van der Waals surface area (Å²) in [6.45, 7) is 1.93.